The molecule has 17 heavy (non-hydrogen) atoms. The lowest BCUT2D eigenvalue weighted by Crippen LogP contribution is -2.25. The van der Waals surface area contributed by atoms with E-state index >= 15 is 0 Å². The quantitative estimate of drug-likeness (QED) is 0.828. The zero-order valence-electron chi connectivity index (χ0n) is 9.45. The van der Waals surface area contributed by atoms with Crippen LogP contribution in [0.25, 0.3) is 11.0 Å². The highest BCUT2D eigenvalue weighted by atomic mass is 19.2. The van der Waals surface area contributed by atoms with Crippen LogP contribution in [0.5, 0.6) is 0 Å². The van der Waals surface area contributed by atoms with Crippen molar-refractivity contribution in [2.75, 3.05) is 5.73 Å². The van der Waals surface area contributed by atoms with Crippen molar-refractivity contribution < 1.29 is 8.78 Å². The Labute approximate surface area is 97.2 Å². The van der Waals surface area contributed by atoms with Crippen molar-refractivity contribution in [1.82, 2.24) is 9.55 Å². The summed E-state index contributed by atoms with van der Waals surface area (Å²) in [6, 6.07) is 2.54. The SMILES string of the molecule is CC1CC(n2c(N)nc3cc(F)c(F)cc32)C1. The largest absolute Gasteiger partial charge is 0.369 e. The molecule has 1 saturated carbocycles. The number of aromatic nitrogens is 2. The van der Waals surface area contributed by atoms with Gasteiger partial charge < -0.3 is 10.3 Å². The van der Waals surface area contributed by atoms with Gasteiger partial charge in [0.25, 0.3) is 0 Å². The molecule has 1 heterocycles. The molecule has 1 aliphatic rings. The van der Waals surface area contributed by atoms with Gasteiger partial charge >= 0.3 is 0 Å². The maximum Gasteiger partial charge on any atom is 0.201 e. The Kier molecular flexibility index (Phi) is 2.11. The minimum atomic E-state index is -0.885. The van der Waals surface area contributed by atoms with E-state index in [4.69, 9.17) is 5.73 Å². The summed E-state index contributed by atoms with van der Waals surface area (Å²) in [6.45, 7) is 2.16. The first-order valence-corrected chi connectivity index (χ1v) is 5.68. The standard InChI is InChI=1S/C12H13F2N3/c1-6-2-7(3-6)17-11-5-9(14)8(13)4-10(11)16-12(17)15/h4-7H,2-3H2,1H3,(H2,15,16). The molecule has 0 spiro atoms. The van der Waals surface area contributed by atoms with Gasteiger partial charge in [0.2, 0.25) is 5.95 Å². The molecule has 1 fully saturated rings. The summed E-state index contributed by atoms with van der Waals surface area (Å²) in [5.41, 5.74) is 6.82. The van der Waals surface area contributed by atoms with Gasteiger partial charge in [-0.05, 0) is 18.8 Å². The molecule has 5 heteroatoms. The van der Waals surface area contributed by atoms with Gasteiger partial charge in [-0.15, -0.1) is 0 Å². The number of halogens is 2. The molecule has 3 nitrogen and oxygen atoms in total. The van der Waals surface area contributed by atoms with E-state index in [2.05, 4.69) is 11.9 Å². The third-order valence-electron chi connectivity index (χ3n) is 3.47. The molecular formula is C12H13F2N3. The number of anilines is 1. The second-order valence-electron chi connectivity index (χ2n) is 4.83. The van der Waals surface area contributed by atoms with Crippen LogP contribution in [0.1, 0.15) is 25.8 Å². The van der Waals surface area contributed by atoms with Crippen LogP contribution in [0.4, 0.5) is 14.7 Å². The normalized spacial score (nSPS) is 23.9. The lowest BCUT2D eigenvalue weighted by Gasteiger charge is -2.34. The summed E-state index contributed by atoms with van der Waals surface area (Å²) in [5.74, 6) is -0.751. The van der Waals surface area contributed by atoms with Crippen LogP contribution in [0, 0.1) is 17.6 Å². The Bertz CT molecular complexity index is 585. The first-order valence-electron chi connectivity index (χ1n) is 5.68. The van der Waals surface area contributed by atoms with Gasteiger partial charge in [0.05, 0.1) is 11.0 Å². The van der Waals surface area contributed by atoms with Crippen LogP contribution in [0.2, 0.25) is 0 Å². The number of nitrogens with two attached hydrogens (primary N) is 1. The molecule has 1 aromatic heterocycles. The predicted octanol–water partition coefficient (Wildman–Crippen LogP) is 2.87. The Morgan fingerprint density at radius 3 is 2.59 bits per heavy atom. The van der Waals surface area contributed by atoms with E-state index in [0.717, 1.165) is 18.9 Å². The summed E-state index contributed by atoms with van der Waals surface area (Å²) in [5, 5.41) is 0. The summed E-state index contributed by atoms with van der Waals surface area (Å²) >= 11 is 0. The molecule has 3 rings (SSSR count). The number of hydrogen-bond donors (Lipinski definition) is 1. The topological polar surface area (TPSA) is 43.8 Å². The molecular weight excluding hydrogens is 224 g/mol. The molecule has 0 unspecified atom stereocenters. The molecule has 0 radical (unpaired) electrons. The van der Waals surface area contributed by atoms with E-state index in [1.807, 2.05) is 4.57 Å². The maximum absolute atomic E-state index is 13.2. The molecule has 0 amide bonds. The third-order valence-corrected chi connectivity index (χ3v) is 3.47. The Morgan fingerprint density at radius 2 is 1.94 bits per heavy atom. The number of imidazole rings is 1. The fourth-order valence-electron chi connectivity index (χ4n) is 2.56. The molecule has 90 valence electrons. The summed E-state index contributed by atoms with van der Waals surface area (Å²) in [4.78, 5) is 4.08. The van der Waals surface area contributed by atoms with Crippen molar-refractivity contribution >= 4 is 17.0 Å². The average molecular weight is 237 g/mol. The Balaban J connectivity index is 2.17. The first-order chi connectivity index (χ1) is 8.06. The third kappa shape index (κ3) is 1.49. The molecule has 0 atom stereocenters. The average Bonchev–Trinajstić information content (AvgIpc) is 2.51. The monoisotopic (exact) mass is 237 g/mol. The van der Waals surface area contributed by atoms with Crippen LogP contribution in [0.15, 0.2) is 12.1 Å². The minimum Gasteiger partial charge on any atom is -0.369 e. The Morgan fingerprint density at radius 1 is 1.29 bits per heavy atom. The summed E-state index contributed by atoms with van der Waals surface area (Å²) in [7, 11) is 0. The fourth-order valence-corrected chi connectivity index (χ4v) is 2.56. The zero-order chi connectivity index (χ0) is 12.2. The summed E-state index contributed by atoms with van der Waals surface area (Å²) < 4.78 is 28.1. The van der Waals surface area contributed by atoms with Crippen molar-refractivity contribution in [2.24, 2.45) is 5.92 Å². The van der Waals surface area contributed by atoms with Gasteiger partial charge in [0.15, 0.2) is 11.6 Å². The highest BCUT2D eigenvalue weighted by molar-refractivity contribution is 5.78. The highest BCUT2D eigenvalue weighted by Gasteiger charge is 2.29. The lowest BCUT2D eigenvalue weighted by atomic mass is 9.81. The first kappa shape index (κ1) is 10.5. The van der Waals surface area contributed by atoms with E-state index in [1.165, 1.54) is 6.07 Å². The highest BCUT2D eigenvalue weighted by Crippen LogP contribution is 2.40. The van der Waals surface area contributed by atoms with Gasteiger partial charge in [0.1, 0.15) is 0 Å². The van der Waals surface area contributed by atoms with Crippen molar-refractivity contribution in [2.45, 2.75) is 25.8 Å². The molecule has 0 saturated heterocycles. The van der Waals surface area contributed by atoms with Crippen LogP contribution >= 0.6 is 0 Å². The van der Waals surface area contributed by atoms with Gasteiger partial charge in [-0.3, -0.25) is 0 Å². The van der Waals surface area contributed by atoms with Crippen molar-refractivity contribution in [3.05, 3.63) is 23.8 Å². The van der Waals surface area contributed by atoms with Crippen LogP contribution in [-0.2, 0) is 0 Å². The minimum absolute atomic E-state index is 0.264. The molecule has 0 aliphatic heterocycles. The maximum atomic E-state index is 13.2. The Hall–Kier alpha value is -1.65. The van der Waals surface area contributed by atoms with Gasteiger partial charge in [-0.25, -0.2) is 13.8 Å². The van der Waals surface area contributed by atoms with E-state index in [-0.39, 0.29) is 6.04 Å². The van der Waals surface area contributed by atoms with Crippen LogP contribution < -0.4 is 5.73 Å². The zero-order valence-corrected chi connectivity index (χ0v) is 9.45. The molecule has 1 aromatic carbocycles. The van der Waals surface area contributed by atoms with Gasteiger partial charge in [-0.1, -0.05) is 6.92 Å². The van der Waals surface area contributed by atoms with Crippen LogP contribution in [0.3, 0.4) is 0 Å². The molecule has 1 aliphatic carbocycles. The summed E-state index contributed by atoms with van der Waals surface area (Å²) in [6.07, 6.45) is 2.02. The van der Waals surface area contributed by atoms with Crippen molar-refractivity contribution in [3.8, 4) is 0 Å². The van der Waals surface area contributed by atoms with Crippen LogP contribution in [-0.4, -0.2) is 9.55 Å². The predicted molar refractivity (Wildman–Crippen MR) is 61.5 cm³/mol. The number of fused-ring (bicyclic) bond motifs is 1. The lowest BCUT2D eigenvalue weighted by molar-refractivity contribution is 0.223. The van der Waals surface area contributed by atoms with E-state index in [1.54, 1.807) is 0 Å². The number of nitrogen functional groups attached to an aromatic ring is 1. The molecule has 0 bridgehead atoms. The molecule has 2 N–H and O–H groups in total. The second kappa shape index (κ2) is 3.42. The number of benzene rings is 1. The smallest absolute Gasteiger partial charge is 0.201 e. The van der Waals surface area contributed by atoms with Crippen molar-refractivity contribution in [3.63, 3.8) is 0 Å². The van der Waals surface area contributed by atoms with E-state index in [9.17, 15) is 8.78 Å². The van der Waals surface area contributed by atoms with E-state index < -0.39 is 11.6 Å². The van der Waals surface area contributed by atoms with Gasteiger partial charge in [-0.2, -0.15) is 0 Å². The second-order valence-corrected chi connectivity index (χ2v) is 4.83. The number of nitrogens with zero attached hydrogens (tertiary/aromatic N) is 2. The number of rotatable bonds is 1. The van der Waals surface area contributed by atoms with Crippen molar-refractivity contribution in [1.29, 1.82) is 0 Å². The molecule has 2 aromatic rings. The van der Waals surface area contributed by atoms with E-state index in [0.29, 0.717) is 22.9 Å². The fraction of sp³-hybridized carbons (Fsp3) is 0.417. The van der Waals surface area contributed by atoms with Gasteiger partial charge in [0, 0.05) is 18.2 Å². The number of hydrogen-bond acceptors (Lipinski definition) is 2.